The summed E-state index contributed by atoms with van der Waals surface area (Å²) in [5.41, 5.74) is 4.75. The maximum atomic E-state index is 12.5. The van der Waals surface area contributed by atoms with Crippen LogP contribution < -0.4 is 10.6 Å². The molecule has 150 valence electrons. The van der Waals surface area contributed by atoms with E-state index in [1.165, 1.54) is 22.7 Å². The van der Waals surface area contributed by atoms with E-state index in [0.717, 1.165) is 40.4 Å². The first kappa shape index (κ1) is 19.8. The van der Waals surface area contributed by atoms with E-state index in [1.807, 2.05) is 36.7 Å². The number of thiophene rings is 1. The highest BCUT2D eigenvalue weighted by atomic mass is 32.1. The Morgan fingerprint density at radius 3 is 2.69 bits per heavy atom. The molecule has 8 heteroatoms. The maximum absolute atomic E-state index is 12.5. The third kappa shape index (κ3) is 4.90. The number of thiazole rings is 1. The molecule has 4 rings (SSSR count). The lowest BCUT2D eigenvalue weighted by molar-refractivity contribution is -0.117. The second-order valence-corrected chi connectivity index (χ2v) is 9.10. The molecule has 0 unspecified atom stereocenters. The zero-order valence-electron chi connectivity index (χ0n) is 16.3. The molecule has 0 saturated carbocycles. The molecule has 0 saturated heterocycles. The highest BCUT2D eigenvalue weighted by Crippen LogP contribution is 2.28. The number of carbonyl (C=O) groups is 2. The molecule has 0 radical (unpaired) electrons. The second kappa shape index (κ2) is 8.44. The third-order valence-corrected chi connectivity index (χ3v) is 6.37. The van der Waals surface area contributed by atoms with Gasteiger partial charge in [-0.05, 0) is 48.6 Å². The molecule has 3 heterocycles. The summed E-state index contributed by atoms with van der Waals surface area (Å²) >= 11 is 2.98. The van der Waals surface area contributed by atoms with Crippen molar-refractivity contribution in [3.63, 3.8) is 0 Å². The lowest BCUT2D eigenvalue weighted by Crippen LogP contribution is -2.36. The number of nitrogens with one attached hydrogen (secondary N) is 2. The Kier molecular flexibility index (Phi) is 5.75. The summed E-state index contributed by atoms with van der Waals surface area (Å²) in [7, 11) is 0. The Balaban J connectivity index is 1.35. The number of rotatable bonds is 5. The Morgan fingerprint density at radius 2 is 1.97 bits per heavy atom. The molecule has 29 heavy (non-hydrogen) atoms. The largest absolute Gasteiger partial charge is 0.325 e. The fourth-order valence-electron chi connectivity index (χ4n) is 3.45. The number of benzene rings is 1. The third-order valence-electron chi connectivity index (χ3n) is 4.69. The topological polar surface area (TPSA) is 74.3 Å². The van der Waals surface area contributed by atoms with Crippen LogP contribution in [0.5, 0.6) is 0 Å². The van der Waals surface area contributed by atoms with Crippen LogP contribution in [0.3, 0.4) is 0 Å². The zero-order chi connectivity index (χ0) is 20.4. The molecule has 0 spiro atoms. The van der Waals surface area contributed by atoms with E-state index in [4.69, 9.17) is 0 Å². The molecule has 1 aromatic carbocycles. The van der Waals surface area contributed by atoms with Crippen LogP contribution in [0.25, 0.3) is 0 Å². The van der Waals surface area contributed by atoms with E-state index in [9.17, 15) is 9.59 Å². The van der Waals surface area contributed by atoms with Crippen LogP contribution in [-0.4, -0.2) is 34.8 Å². The molecule has 2 N–H and O–H groups in total. The van der Waals surface area contributed by atoms with Gasteiger partial charge in [0.1, 0.15) is 0 Å². The van der Waals surface area contributed by atoms with Gasteiger partial charge in [-0.25, -0.2) is 4.98 Å². The van der Waals surface area contributed by atoms with Crippen LogP contribution in [0.2, 0.25) is 0 Å². The predicted octanol–water partition coefficient (Wildman–Crippen LogP) is 4.07. The van der Waals surface area contributed by atoms with Gasteiger partial charge in [-0.2, -0.15) is 11.3 Å². The standard InChI is InChI=1S/C21H22N4O2S2/c1-13-7-14(2)9-16(8-13)22-19(26)11-25-5-3-17-18(10-25)29-21(23-17)24-20(27)15-4-6-28-12-15/h4,6-9,12H,3,5,10-11H2,1-2H3,(H,22,26)(H,23,24,27). The summed E-state index contributed by atoms with van der Waals surface area (Å²) in [5, 5.41) is 10.2. The van der Waals surface area contributed by atoms with Gasteiger partial charge in [0, 0.05) is 35.5 Å². The van der Waals surface area contributed by atoms with Crippen LogP contribution >= 0.6 is 22.7 Å². The molecule has 1 aliphatic heterocycles. The SMILES string of the molecule is Cc1cc(C)cc(NC(=O)CN2CCc3nc(NC(=O)c4ccsc4)sc3C2)c1. The van der Waals surface area contributed by atoms with Crippen molar-refractivity contribution in [3.8, 4) is 0 Å². The monoisotopic (exact) mass is 426 g/mol. The van der Waals surface area contributed by atoms with Crippen molar-refractivity contribution in [2.75, 3.05) is 23.7 Å². The number of anilines is 2. The van der Waals surface area contributed by atoms with E-state index in [0.29, 0.717) is 23.8 Å². The predicted molar refractivity (Wildman–Crippen MR) is 118 cm³/mol. The molecule has 1 aliphatic rings. The number of amides is 2. The average molecular weight is 427 g/mol. The van der Waals surface area contributed by atoms with E-state index < -0.39 is 0 Å². The number of fused-ring (bicyclic) bond motifs is 1. The van der Waals surface area contributed by atoms with Crippen LogP contribution in [0, 0.1) is 13.8 Å². The minimum Gasteiger partial charge on any atom is -0.325 e. The van der Waals surface area contributed by atoms with Gasteiger partial charge in [0.25, 0.3) is 5.91 Å². The first-order valence-electron chi connectivity index (χ1n) is 9.39. The van der Waals surface area contributed by atoms with Crippen LogP contribution in [0.4, 0.5) is 10.8 Å². The fourth-order valence-corrected chi connectivity index (χ4v) is 5.13. The number of carbonyl (C=O) groups excluding carboxylic acids is 2. The van der Waals surface area contributed by atoms with Crippen molar-refractivity contribution < 1.29 is 9.59 Å². The van der Waals surface area contributed by atoms with E-state index in [-0.39, 0.29) is 11.8 Å². The van der Waals surface area contributed by atoms with Gasteiger partial charge in [-0.3, -0.25) is 19.8 Å². The van der Waals surface area contributed by atoms with Crippen LogP contribution in [-0.2, 0) is 17.8 Å². The summed E-state index contributed by atoms with van der Waals surface area (Å²) < 4.78 is 0. The van der Waals surface area contributed by atoms with Crippen molar-refractivity contribution in [3.05, 3.63) is 62.3 Å². The number of hydrogen-bond acceptors (Lipinski definition) is 6. The molecule has 2 aromatic heterocycles. The molecule has 0 bridgehead atoms. The minimum atomic E-state index is -0.137. The van der Waals surface area contributed by atoms with Crippen molar-refractivity contribution in [1.29, 1.82) is 0 Å². The van der Waals surface area contributed by atoms with Crippen LogP contribution in [0.1, 0.15) is 32.1 Å². The van der Waals surface area contributed by atoms with Crippen molar-refractivity contribution in [2.45, 2.75) is 26.8 Å². The quantitative estimate of drug-likeness (QED) is 0.645. The Labute approximate surface area is 177 Å². The summed E-state index contributed by atoms with van der Waals surface area (Å²) in [5.74, 6) is -0.157. The number of aryl methyl sites for hydroxylation is 2. The van der Waals surface area contributed by atoms with Gasteiger partial charge < -0.3 is 5.32 Å². The van der Waals surface area contributed by atoms with E-state index in [2.05, 4.69) is 26.6 Å². The number of nitrogens with zero attached hydrogens (tertiary/aromatic N) is 2. The highest BCUT2D eigenvalue weighted by molar-refractivity contribution is 7.16. The van der Waals surface area contributed by atoms with Crippen molar-refractivity contribution in [2.24, 2.45) is 0 Å². The van der Waals surface area contributed by atoms with Gasteiger partial charge in [-0.15, -0.1) is 11.3 Å². The normalized spacial score (nSPS) is 13.7. The first-order chi connectivity index (χ1) is 14.0. The van der Waals surface area contributed by atoms with Gasteiger partial charge in [-0.1, -0.05) is 6.07 Å². The molecule has 0 aliphatic carbocycles. The average Bonchev–Trinajstić information content (AvgIpc) is 3.29. The lowest BCUT2D eigenvalue weighted by atomic mass is 10.1. The van der Waals surface area contributed by atoms with Crippen molar-refractivity contribution >= 4 is 45.3 Å². The molecule has 0 fully saturated rings. The maximum Gasteiger partial charge on any atom is 0.258 e. The van der Waals surface area contributed by atoms with Gasteiger partial charge in [0.2, 0.25) is 5.91 Å². The molecular formula is C21H22N4O2S2. The van der Waals surface area contributed by atoms with Crippen molar-refractivity contribution in [1.82, 2.24) is 9.88 Å². The van der Waals surface area contributed by atoms with E-state index in [1.54, 1.807) is 6.07 Å². The molecule has 6 nitrogen and oxygen atoms in total. The second-order valence-electron chi connectivity index (χ2n) is 7.24. The number of hydrogen-bond donors (Lipinski definition) is 2. The fraction of sp³-hybridized carbons (Fsp3) is 0.286. The Bertz CT molecular complexity index is 1020. The molecule has 3 aromatic rings. The van der Waals surface area contributed by atoms with Gasteiger partial charge in [0.05, 0.1) is 17.8 Å². The van der Waals surface area contributed by atoms with Crippen LogP contribution in [0.15, 0.2) is 35.0 Å². The van der Waals surface area contributed by atoms with E-state index >= 15 is 0 Å². The summed E-state index contributed by atoms with van der Waals surface area (Å²) in [6.07, 6.45) is 0.775. The molecule has 2 amide bonds. The summed E-state index contributed by atoms with van der Waals surface area (Å²) in [6.45, 7) is 5.82. The zero-order valence-corrected chi connectivity index (χ0v) is 18.0. The first-order valence-corrected chi connectivity index (χ1v) is 11.1. The number of aromatic nitrogens is 1. The summed E-state index contributed by atoms with van der Waals surface area (Å²) in [6, 6.07) is 7.83. The van der Waals surface area contributed by atoms with Gasteiger partial charge >= 0.3 is 0 Å². The lowest BCUT2D eigenvalue weighted by Gasteiger charge is -2.25. The Hall–Kier alpha value is -2.55. The Morgan fingerprint density at radius 1 is 1.17 bits per heavy atom. The summed E-state index contributed by atoms with van der Waals surface area (Å²) in [4.78, 5) is 32.5. The molecular weight excluding hydrogens is 404 g/mol. The van der Waals surface area contributed by atoms with Gasteiger partial charge in [0.15, 0.2) is 5.13 Å². The molecule has 0 atom stereocenters. The highest BCUT2D eigenvalue weighted by Gasteiger charge is 2.23. The minimum absolute atomic E-state index is 0.0195. The smallest absolute Gasteiger partial charge is 0.258 e.